The largest absolute Gasteiger partial charge is 0.595 e. The van der Waals surface area contributed by atoms with E-state index in [0.29, 0.717) is 5.56 Å². The summed E-state index contributed by atoms with van der Waals surface area (Å²) in [6.45, 7) is 0.159. The summed E-state index contributed by atoms with van der Waals surface area (Å²) in [4.78, 5) is 31.4. The molecule has 114 valence electrons. The van der Waals surface area contributed by atoms with Crippen LogP contribution in [0.15, 0.2) is 34.1 Å². The molecule has 5 N–H and O–H groups in total. The van der Waals surface area contributed by atoms with E-state index in [-0.39, 0.29) is 29.1 Å². The summed E-state index contributed by atoms with van der Waals surface area (Å²) in [6, 6.07) is 4.11. The van der Waals surface area contributed by atoms with Crippen molar-refractivity contribution in [3.05, 3.63) is 56.1 Å². The number of aromatic amines is 2. The Morgan fingerprint density at radius 3 is 2.82 bits per heavy atom. The Hall–Kier alpha value is -2.95. The van der Waals surface area contributed by atoms with Crippen LogP contribution >= 0.6 is 0 Å². The van der Waals surface area contributed by atoms with E-state index in [0.717, 1.165) is 0 Å². The Bertz CT molecular complexity index is 954. The third-order valence-corrected chi connectivity index (χ3v) is 3.16. The second kappa shape index (κ2) is 5.11. The molecule has 0 saturated heterocycles. The van der Waals surface area contributed by atoms with Gasteiger partial charge in [-0.05, 0) is 11.6 Å². The van der Waals surface area contributed by atoms with E-state index in [1.165, 1.54) is 29.1 Å². The molecule has 1 atom stereocenters. The number of benzene rings is 1. The van der Waals surface area contributed by atoms with E-state index in [1.54, 1.807) is 0 Å². The summed E-state index contributed by atoms with van der Waals surface area (Å²) in [6.07, 6.45) is 1.36. The van der Waals surface area contributed by atoms with Gasteiger partial charge in [-0.2, -0.15) is 5.23 Å². The molecule has 0 aliphatic carbocycles. The van der Waals surface area contributed by atoms with E-state index in [2.05, 4.69) is 15.0 Å². The van der Waals surface area contributed by atoms with Gasteiger partial charge in [0.25, 0.3) is 5.56 Å². The minimum atomic E-state index is -1.25. The van der Waals surface area contributed by atoms with Gasteiger partial charge in [0, 0.05) is 12.6 Å². The maximum Gasteiger partial charge on any atom is 0.327 e. The van der Waals surface area contributed by atoms with E-state index in [4.69, 9.17) is 5.21 Å². The molecule has 1 unspecified atom stereocenters. The number of aromatic nitrogens is 4. The van der Waals surface area contributed by atoms with Crippen molar-refractivity contribution < 1.29 is 15.5 Å². The number of H-pyrrole nitrogens is 2. The third kappa shape index (κ3) is 2.37. The first-order valence-corrected chi connectivity index (χ1v) is 6.18. The van der Waals surface area contributed by atoms with Crippen molar-refractivity contribution in [2.45, 2.75) is 6.54 Å². The Balaban J connectivity index is 2.06. The van der Waals surface area contributed by atoms with Crippen LogP contribution in [0.5, 0.6) is 5.75 Å². The molecule has 22 heavy (non-hydrogen) atoms. The summed E-state index contributed by atoms with van der Waals surface area (Å²) < 4.78 is 1.47. The lowest BCUT2D eigenvalue weighted by Gasteiger charge is -2.14. The SMILES string of the molecule is O=c1[nH]c(=O)c2c(ncn2Cc2ccc(O)c([NH+]([O-])O)c2)[nH]1. The number of hydrogen-bond acceptors (Lipinski definition) is 6. The molecule has 0 fully saturated rings. The highest BCUT2D eigenvalue weighted by molar-refractivity contribution is 5.69. The van der Waals surface area contributed by atoms with Crippen LogP contribution in [0.3, 0.4) is 0 Å². The Morgan fingerprint density at radius 2 is 2.09 bits per heavy atom. The molecule has 1 aromatic carbocycles. The number of nitrogens with one attached hydrogen (secondary N) is 3. The number of hydrogen-bond donors (Lipinski definition) is 5. The van der Waals surface area contributed by atoms with Crippen LogP contribution < -0.4 is 16.5 Å². The van der Waals surface area contributed by atoms with Crippen molar-refractivity contribution in [3.8, 4) is 5.75 Å². The predicted octanol–water partition coefficient (Wildman–Crippen LogP) is -1.43. The molecule has 10 heteroatoms. The molecular weight excluding hydrogens is 294 g/mol. The van der Waals surface area contributed by atoms with E-state index in [1.807, 2.05) is 0 Å². The highest BCUT2D eigenvalue weighted by Crippen LogP contribution is 2.21. The minimum Gasteiger partial charge on any atom is -0.595 e. The fourth-order valence-electron chi connectivity index (χ4n) is 2.18. The summed E-state index contributed by atoms with van der Waals surface area (Å²) in [5, 5.41) is 28.2. The Morgan fingerprint density at radius 1 is 1.32 bits per heavy atom. The molecule has 0 spiro atoms. The first-order chi connectivity index (χ1) is 10.5. The maximum absolute atomic E-state index is 11.8. The monoisotopic (exact) mass is 305 g/mol. The normalized spacial score (nSPS) is 12.6. The van der Waals surface area contributed by atoms with Crippen LogP contribution in [0.25, 0.3) is 11.2 Å². The van der Waals surface area contributed by atoms with Gasteiger partial charge in [0.15, 0.2) is 16.9 Å². The van der Waals surface area contributed by atoms with Gasteiger partial charge in [-0.25, -0.2) is 15.0 Å². The molecule has 0 aliphatic heterocycles. The fraction of sp³-hybridized carbons (Fsp3) is 0.0833. The third-order valence-electron chi connectivity index (χ3n) is 3.16. The highest BCUT2D eigenvalue weighted by atomic mass is 16.8. The molecule has 3 aromatic rings. The summed E-state index contributed by atoms with van der Waals surface area (Å²) in [5.41, 5.74) is -0.603. The molecule has 0 saturated carbocycles. The van der Waals surface area contributed by atoms with Crippen molar-refractivity contribution in [1.82, 2.24) is 19.5 Å². The Kier molecular flexibility index (Phi) is 3.25. The first kappa shape index (κ1) is 14.0. The molecule has 3 rings (SSSR count). The van der Waals surface area contributed by atoms with Crippen molar-refractivity contribution in [1.29, 1.82) is 0 Å². The van der Waals surface area contributed by atoms with Crippen molar-refractivity contribution in [2.24, 2.45) is 0 Å². The van der Waals surface area contributed by atoms with Crippen LogP contribution in [0.2, 0.25) is 0 Å². The number of aromatic hydroxyl groups is 1. The van der Waals surface area contributed by atoms with Gasteiger partial charge in [0.2, 0.25) is 5.69 Å². The number of phenols is 1. The number of imidazole rings is 1. The molecule has 0 bridgehead atoms. The zero-order valence-corrected chi connectivity index (χ0v) is 11.0. The standard InChI is InChI=1S/C12H11N5O5/c18-8-2-1-6(3-7(8)17(21)22)4-16-5-13-10-9(16)11(19)15-12(20)14-10/h1-3,5,17-18,21H,4H2,(H2,14,15,19,20). The lowest BCUT2D eigenvalue weighted by molar-refractivity contribution is -0.991. The van der Waals surface area contributed by atoms with Crippen LogP contribution in [-0.2, 0) is 6.54 Å². The minimum absolute atomic E-state index is 0.144. The van der Waals surface area contributed by atoms with Crippen molar-refractivity contribution >= 4 is 16.9 Å². The molecule has 0 amide bonds. The highest BCUT2D eigenvalue weighted by Gasteiger charge is 2.12. The van der Waals surface area contributed by atoms with Crippen LogP contribution in [0.4, 0.5) is 5.69 Å². The molecule has 0 aliphatic rings. The van der Waals surface area contributed by atoms with E-state index >= 15 is 0 Å². The van der Waals surface area contributed by atoms with E-state index < -0.39 is 16.5 Å². The van der Waals surface area contributed by atoms with Gasteiger partial charge < -0.3 is 14.9 Å². The van der Waals surface area contributed by atoms with Gasteiger partial charge in [-0.1, -0.05) is 6.07 Å². The van der Waals surface area contributed by atoms with Gasteiger partial charge >= 0.3 is 5.69 Å². The lowest BCUT2D eigenvalue weighted by Crippen LogP contribution is -2.99. The van der Waals surface area contributed by atoms with Crippen LogP contribution in [0, 0.1) is 5.21 Å². The maximum atomic E-state index is 11.8. The topological polar surface area (TPSA) is 152 Å². The zero-order valence-electron chi connectivity index (χ0n) is 11.0. The summed E-state index contributed by atoms with van der Waals surface area (Å²) >= 11 is 0. The average molecular weight is 305 g/mol. The predicted molar refractivity (Wildman–Crippen MR) is 74.0 cm³/mol. The van der Waals surface area contributed by atoms with Gasteiger partial charge in [0.1, 0.15) is 0 Å². The summed E-state index contributed by atoms with van der Waals surface area (Å²) in [5.74, 6) is -0.339. The fourth-order valence-corrected chi connectivity index (χ4v) is 2.18. The molecule has 2 aromatic heterocycles. The molecule has 10 nitrogen and oxygen atoms in total. The average Bonchev–Trinajstić information content (AvgIpc) is 2.83. The molecule has 2 heterocycles. The molecule has 0 radical (unpaired) electrons. The zero-order chi connectivity index (χ0) is 15.9. The molecular formula is C12H11N5O5. The van der Waals surface area contributed by atoms with Gasteiger partial charge in [-0.3, -0.25) is 14.8 Å². The lowest BCUT2D eigenvalue weighted by atomic mass is 10.2. The number of nitrogens with zero attached hydrogens (tertiary/aromatic N) is 2. The van der Waals surface area contributed by atoms with Crippen LogP contribution in [-0.4, -0.2) is 29.8 Å². The van der Waals surface area contributed by atoms with Gasteiger partial charge in [0.05, 0.1) is 6.33 Å². The van der Waals surface area contributed by atoms with Crippen molar-refractivity contribution in [3.63, 3.8) is 0 Å². The quantitative estimate of drug-likeness (QED) is 0.295. The smallest absolute Gasteiger partial charge is 0.327 e. The second-order valence-corrected chi connectivity index (χ2v) is 4.63. The van der Waals surface area contributed by atoms with Crippen molar-refractivity contribution in [2.75, 3.05) is 0 Å². The number of fused-ring (bicyclic) bond motifs is 1. The number of quaternary nitrogens is 1. The number of phenolic OH excluding ortho intramolecular Hbond substituents is 1. The Labute approximate surface area is 121 Å². The second-order valence-electron chi connectivity index (χ2n) is 4.63. The summed E-state index contributed by atoms with van der Waals surface area (Å²) in [7, 11) is 0. The van der Waals surface area contributed by atoms with E-state index in [9.17, 15) is 19.9 Å². The first-order valence-electron chi connectivity index (χ1n) is 6.18. The van der Waals surface area contributed by atoms with Crippen LogP contribution in [0.1, 0.15) is 5.56 Å². The van der Waals surface area contributed by atoms with Gasteiger partial charge in [-0.15, -0.1) is 0 Å². The number of rotatable bonds is 3.